The molecule has 25 heavy (non-hydrogen) atoms. The second-order valence-corrected chi connectivity index (χ2v) is 6.06. The van der Waals surface area contributed by atoms with Crippen LogP contribution in [0.3, 0.4) is 0 Å². The Bertz CT molecular complexity index is 758. The van der Waals surface area contributed by atoms with Crippen molar-refractivity contribution in [1.29, 1.82) is 0 Å². The van der Waals surface area contributed by atoms with E-state index in [9.17, 15) is 9.59 Å². The molecule has 1 saturated heterocycles. The van der Waals surface area contributed by atoms with Gasteiger partial charge in [0, 0.05) is 29.6 Å². The fourth-order valence-electron chi connectivity index (χ4n) is 2.19. The Morgan fingerprint density at radius 3 is 3.12 bits per heavy atom. The Hall–Kier alpha value is -2.52. The summed E-state index contributed by atoms with van der Waals surface area (Å²) in [5.74, 6) is -0.508. The highest BCUT2D eigenvalue weighted by Gasteiger charge is 2.19. The molecule has 0 aromatic carbocycles. The lowest BCUT2D eigenvalue weighted by molar-refractivity contribution is 0.0520. The van der Waals surface area contributed by atoms with Gasteiger partial charge in [0.15, 0.2) is 10.8 Å². The van der Waals surface area contributed by atoms with Gasteiger partial charge < -0.3 is 14.2 Å². The highest BCUT2D eigenvalue weighted by atomic mass is 32.1. The van der Waals surface area contributed by atoms with Crippen LogP contribution in [-0.4, -0.2) is 47.8 Å². The number of esters is 1. The molecule has 3 heterocycles. The maximum absolute atomic E-state index is 12.3. The number of hydrogen-bond donors (Lipinski definition) is 1. The van der Waals surface area contributed by atoms with Crippen LogP contribution in [0.4, 0.5) is 5.13 Å². The normalized spacial score (nSPS) is 16.4. The lowest BCUT2D eigenvalue weighted by Crippen LogP contribution is -2.17. The van der Waals surface area contributed by atoms with Crippen molar-refractivity contribution >= 4 is 28.3 Å². The van der Waals surface area contributed by atoms with E-state index in [1.807, 2.05) is 0 Å². The first-order chi connectivity index (χ1) is 12.2. The third-order valence-electron chi connectivity index (χ3n) is 3.38. The van der Waals surface area contributed by atoms with Crippen LogP contribution in [0.15, 0.2) is 23.7 Å². The number of carbonyl (C=O) groups excluding carboxylic acids is 2. The zero-order valence-corrected chi connectivity index (χ0v) is 14.4. The van der Waals surface area contributed by atoms with Gasteiger partial charge >= 0.3 is 5.97 Å². The molecule has 1 unspecified atom stereocenters. The molecule has 1 amide bonds. The molecule has 3 rings (SSSR count). The summed E-state index contributed by atoms with van der Waals surface area (Å²) in [7, 11) is 0. The third-order valence-corrected chi connectivity index (χ3v) is 4.14. The Morgan fingerprint density at radius 2 is 2.36 bits per heavy atom. The third kappa shape index (κ3) is 4.52. The van der Waals surface area contributed by atoms with Gasteiger partial charge in [-0.2, -0.15) is 0 Å². The second kappa shape index (κ2) is 8.04. The molecular formula is C16H17N3O5S. The summed E-state index contributed by atoms with van der Waals surface area (Å²) < 4.78 is 15.8. The van der Waals surface area contributed by atoms with E-state index in [1.54, 1.807) is 19.1 Å². The SMILES string of the molecule is CCOC(=O)c1csc(NC(=O)c2ccnc(OC3CCOC3)c2)n1. The highest BCUT2D eigenvalue weighted by Crippen LogP contribution is 2.19. The zero-order chi connectivity index (χ0) is 17.6. The average Bonchev–Trinajstić information content (AvgIpc) is 3.27. The highest BCUT2D eigenvalue weighted by molar-refractivity contribution is 7.14. The van der Waals surface area contributed by atoms with E-state index in [2.05, 4.69) is 15.3 Å². The maximum atomic E-state index is 12.3. The molecule has 8 nitrogen and oxygen atoms in total. The fraction of sp³-hybridized carbons (Fsp3) is 0.375. The van der Waals surface area contributed by atoms with Crippen molar-refractivity contribution in [2.75, 3.05) is 25.1 Å². The van der Waals surface area contributed by atoms with Crippen molar-refractivity contribution in [1.82, 2.24) is 9.97 Å². The van der Waals surface area contributed by atoms with Crippen molar-refractivity contribution < 1.29 is 23.8 Å². The van der Waals surface area contributed by atoms with Crippen molar-refractivity contribution in [3.8, 4) is 5.88 Å². The van der Waals surface area contributed by atoms with Crippen LogP contribution in [-0.2, 0) is 9.47 Å². The van der Waals surface area contributed by atoms with E-state index in [4.69, 9.17) is 14.2 Å². The Kier molecular flexibility index (Phi) is 5.56. The van der Waals surface area contributed by atoms with Gasteiger partial charge in [0.2, 0.25) is 5.88 Å². The van der Waals surface area contributed by atoms with Gasteiger partial charge in [-0.05, 0) is 13.0 Å². The Balaban J connectivity index is 1.63. The van der Waals surface area contributed by atoms with Crippen LogP contribution in [0, 0.1) is 0 Å². The van der Waals surface area contributed by atoms with Gasteiger partial charge in [-0.25, -0.2) is 14.8 Å². The van der Waals surface area contributed by atoms with Crippen LogP contribution in [0.1, 0.15) is 34.2 Å². The molecule has 1 fully saturated rings. The van der Waals surface area contributed by atoms with E-state index < -0.39 is 5.97 Å². The van der Waals surface area contributed by atoms with Crippen LogP contribution in [0.2, 0.25) is 0 Å². The molecule has 0 spiro atoms. The summed E-state index contributed by atoms with van der Waals surface area (Å²) >= 11 is 1.15. The van der Waals surface area contributed by atoms with Crippen molar-refractivity contribution in [2.45, 2.75) is 19.4 Å². The minimum atomic E-state index is -0.516. The predicted molar refractivity (Wildman–Crippen MR) is 90.1 cm³/mol. The lowest BCUT2D eigenvalue weighted by Gasteiger charge is -2.11. The summed E-state index contributed by atoms with van der Waals surface area (Å²) in [5.41, 5.74) is 0.555. The minimum absolute atomic E-state index is 0.0445. The first-order valence-electron chi connectivity index (χ1n) is 7.80. The molecule has 2 aromatic rings. The number of aromatic nitrogens is 2. The molecule has 0 bridgehead atoms. The molecule has 1 atom stereocenters. The van der Waals surface area contributed by atoms with Gasteiger partial charge in [-0.1, -0.05) is 0 Å². The van der Waals surface area contributed by atoms with Gasteiger partial charge in [0.1, 0.15) is 6.10 Å². The summed E-state index contributed by atoms with van der Waals surface area (Å²) in [6, 6.07) is 3.14. The molecular weight excluding hydrogens is 346 g/mol. The van der Waals surface area contributed by atoms with E-state index in [1.165, 1.54) is 11.6 Å². The number of rotatable bonds is 6. The number of thiazole rings is 1. The van der Waals surface area contributed by atoms with Gasteiger partial charge in [-0.15, -0.1) is 11.3 Å². The number of amides is 1. The quantitative estimate of drug-likeness (QED) is 0.785. The van der Waals surface area contributed by atoms with E-state index >= 15 is 0 Å². The minimum Gasteiger partial charge on any atom is -0.472 e. The number of pyridine rings is 1. The smallest absolute Gasteiger partial charge is 0.357 e. The Morgan fingerprint density at radius 1 is 1.48 bits per heavy atom. The van der Waals surface area contributed by atoms with Crippen molar-refractivity contribution in [3.05, 3.63) is 35.0 Å². The number of ether oxygens (including phenoxy) is 3. The Labute approximate surface area is 148 Å². The molecule has 0 saturated carbocycles. The summed E-state index contributed by atoms with van der Waals surface area (Å²) in [4.78, 5) is 32.1. The molecule has 0 radical (unpaired) electrons. The average molecular weight is 363 g/mol. The number of hydrogen-bond acceptors (Lipinski definition) is 8. The second-order valence-electron chi connectivity index (χ2n) is 5.20. The molecule has 2 aromatic heterocycles. The van der Waals surface area contributed by atoms with Crippen LogP contribution < -0.4 is 10.1 Å². The maximum Gasteiger partial charge on any atom is 0.357 e. The van der Waals surface area contributed by atoms with Gasteiger partial charge in [0.25, 0.3) is 5.91 Å². The van der Waals surface area contributed by atoms with E-state index in [0.717, 1.165) is 17.8 Å². The monoisotopic (exact) mass is 363 g/mol. The van der Waals surface area contributed by atoms with E-state index in [0.29, 0.717) is 29.8 Å². The lowest BCUT2D eigenvalue weighted by atomic mass is 10.2. The number of nitrogens with one attached hydrogen (secondary N) is 1. The summed E-state index contributed by atoms with van der Waals surface area (Å²) in [6.07, 6.45) is 2.26. The van der Waals surface area contributed by atoms with Crippen LogP contribution in [0.5, 0.6) is 5.88 Å². The number of nitrogens with zero attached hydrogens (tertiary/aromatic N) is 2. The molecule has 0 aliphatic carbocycles. The molecule has 1 aliphatic heterocycles. The summed E-state index contributed by atoms with van der Waals surface area (Å²) in [6.45, 7) is 3.17. The molecule has 132 valence electrons. The first kappa shape index (κ1) is 17.3. The summed E-state index contributed by atoms with van der Waals surface area (Å²) in [5, 5.41) is 4.50. The fourth-order valence-corrected chi connectivity index (χ4v) is 2.87. The topological polar surface area (TPSA) is 99.6 Å². The molecule has 1 aliphatic rings. The van der Waals surface area contributed by atoms with Gasteiger partial charge in [0.05, 0.1) is 19.8 Å². The number of carbonyl (C=O) groups is 2. The first-order valence-corrected chi connectivity index (χ1v) is 8.68. The zero-order valence-electron chi connectivity index (χ0n) is 13.6. The molecule has 1 N–H and O–H groups in total. The van der Waals surface area contributed by atoms with E-state index in [-0.39, 0.29) is 24.3 Å². The van der Waals surface area contributed by atoms with Crippen LogP contribution >= 0.6 is 11.3 Å². The standard InChI is InChI=1S/C16H17N3O5S/c1-2-23-15(21)12-9-25-16(18-12)19-14(20)10-3-5-17-13(7-10)24-11-4-6-22-8-11/h3,5,7,9,11H,2,4,6,8H2,1H3,(H,18,19,20). The molecule has 9 heteroatoms. The predicted octanol–water partition coefficient (Wildman–Crippen LogP) is 2.13. The number of anilines is 1. The largest absolute Gasteiger partial charge is 0.472 e. The van der Waals surface area contributed by atoms with Gasteiger partial charge in [-0.3, -0.25) is 10.1 Å². The van der Waals surface area contributed by atoms with Crippen molar-refractivity contribution in [3.63, 3.8) is 0 Å². The van der Waals surface area contributed by atoms with Crippen LogP contribution in [0.25, 0.3) is 0 Å². The van der Waals surface area contributed by atoms with Crippen molar-refractivity contribution in [2.24, 2.45) is 0 Å².